The minimum absolute atomic E-state index is 0.106. The van der Waals surface area contributed by atoms with Gasteiger partial charge in [0.05, 0.1) is 24.6 Å². The number of Topliss-reactive ketones (excluding diaryl/α,β-unsaturated/α-hetero) is 1. The van der Waals surface area contributed by atoms with Crippen molar-refractivity contribution in [2.75, 3.05) is 6.61 Å². The molecular weight excluding hydrogens is 506 g/mol. The maximum Gasteiger partial charge on any atom is 0.305 e. The molecule has 38 heavy (non-hydrogen) atoms. The van der Waals surface area contributed by atoms with Crippen molar-refractivity contribution in [3.05, 3.63) is 30.3 Å². The molecule has 2 rings (SSSR count). The second kappa shape index (κ2) is 13.7. The number of benzene rings is 1. The Bertz CT molecular complexity index is 1090. The maximum atomic E-state index is 13.0. The molecule has 3 atom stereocenters. The van der Waals surface area contributed by atoms with Crippen molar-refractivity contribution in [1.29, 1.82) is 0 Å². The lowest BCUT2D eigenvalue weighted by Crippen LogP contribution is -2.53. The van der Waals surface area contributed by atoms with Gasteiger partial charge in [-0.2, -0.15) is 0 Å². The van der Waals surface area contributed by atoms with Crippen molar-refractivity contribution >= 4 is 41.2 Å². The number of hydrogen-bond acceptors (Lipinski definition) is 9. The fraction of sp³-hybridized carbons (Fsp3) is 0.458. The number of oxime groups is 1. The largest absolute Gasteiger partial charge is 0.486 e. The minimum Gasteiger partial charge on any atom is -0.486 e. The first kappa shape index (κ1) is 29.7. The molecule has 1 aromatic carbocycles. The first-order valence-electron chi connectivity index (χ1n) is 11.6. The molecule has 0 saturated carbocycles. The van der Waals surface area contributed by atoms with Crippen molar-refractivity contribution in [3.8, 4) is 5.75 Å². The predicted octanol–water partition coefficient (Wildman–Crippen LogP) is 0.343. The number of carboxylic acid groups (broad SMARTS) is 3. The molecular formula is C24H29N3O11. The Balaban J connectivity index is 2.06. The third-order valence-electron chi connectivity index (χ3n) is 5.51. The summed E-state index contributed by atoms with van der Waals surface area (Å²) in [5.74, 6) is -5.51. The van der Waals surface area contributed by atoms with Gasteiger partial charge in [0.2, 0.25) is 11.5 Å². The number of nitrogens with one attached hydrogen (secondary N) is 2. The van der Waals surface area contributed by atoms with E-state index in [2.05, 4.69) is 15.8 Å². The molecule has 0 bridgehead atoms. The molecule has 206 valence electrons. The summed E-state index contributed by atoms with van der Waals surface area (Å²) in [5, 5.41) is 35.7. The number of rotatable bonds is 16. The van der Waals surface area contributed by atoms with Crippen LogP contribution in [0.1, 0.15) is 45.4 Å². The maximum absolute atomic E-state index is 13.0. The van der Waals surface area contributed by atoms with Crippen molar-refractivity contribution in [1.82, 2.24) is 10.6 Å². The van der Waals surface area contributed by atoms with Gasteiger partial charge >= 0.3 is 17.9 Å². The molecule has 0 aromatic heterocycles. The van der Waals surface area contributed by atoms with Crippen LogP contribution in [0.5, 0.6) is 5.75 Å². The molecule has 0 spiro atoms. The number of carbonyl (C=O) groups is 6. The van der Waals surface area contributed by atoms with Gasteiger partial charge in [0.15, 0.2) is 5.78 Å². The second-order valence-electron chi connectivity index (χ2n) is 8.72. The number of carbonyl (C=O) groups excluding carboxylic acids is 3. The SMILES string of the molecule is CC1(C(=O)NC(CC(=O)O)C(=O)COc2ccccc2)CC(C(CCC(=O)O)NC(=O)CCC(=O)O)=NO1. The van der Waals surface area contributed by atoms with Crippen LogP contribution in [-0.4, -0.2) is 80.8 Å². The van der Waals surface area contributed by atoms with Gasteiger partial charge in [0.25, 0.3) is 5.91 Å². The number of ether oxygens (including phenoxy) is 1. The summed E-state index contributed by atoms with van der Waals surface area (Å²) in [4.78, 5) is 76.2. The highest BCUT2D eigenvalue weighted by atomic mass is 16.7. The molecule has 5 N–H and O–H groups in total. The van der Waals surface area contributed by atoms with Crippen LogP contribution in [0.4, 0.5) is 0 Å². The Hall–Kier alpha value is -4.49. The van der Waals surface area contributed by atoms with Crippen molar-refractivity contribution in [2.24, 2.45) is 5.16 Å². The van der Waals surface area contributed by atoms with E-state index in [0.717, 1.165) is 0 Å². The lowest BCUT2D eigenvalue weighted by Gasteiger charge is -2.25. The number of hydrogen-bond donors (Lipinski definition) is 5. The Morgan fingerprint density at radius 1 is 0.974 bits per heavy atom. The smallest absolute Gasteiger partial charge is 0.305 e. The molecule has 1 heterocycles. The van der Waals surface area contributed by atoms with Crippen LogP contribution in [-0.2, 0) is 33.6 Å². The molecule has 1 aliphatic rings. The first-order chi connectivity index (χ1) is 17.9. The highest BCUT2D eigenvalue weighted by molar-refractivity contribution is 6.01. The number of ketones is 1. The Morgan fingerprint density at radius 2 is 1.63 bits per heavy atom. The van der Waals surface area contributed by atoms with E-state index in [-0.39, 0.29) is 31.4 Å². The summed E-state index contributed by atoms with van der Waals surface area (Å²) in [6, 6.07) is 5.92. The highest BCUT2D eigenvalue weighted by Gasteiger charge is 2.45. The van der Waals surface area contributed by atoms with Gasteiger partial charge in [-0.25, -0.2) is 0 Å². The molecule has 0 saturated heterocycles. The molecule has 0 radical (unpaired) electrons. The zero-order chi connectivity index (χ0) is 28.3. The standard InChI is InChI=1S/C24H29N3O11/c1-24(12-17(27-38-24)15(7-9-20(30)31)25-19(29)8-10-21(32)33)23(36)26-16(11-22(34)35)18(28)13-37-14-5-3-2-4-6-14/h2-6,15-16H,7-13H2,1H3,(H,25,29)(H,26,36)(H,30,31)(H,32,33)(H,34,35). The summed E-state index contributed by atoms with van der Waals surface area (Å²) in [7, 11) is 0. The fourth-order valence-electron chi connectivity index (χ4n) is 3.46. The zero-order valence-electron chi connectivity index (χ0n) is 20.5. The average Bonchev–Trinajstić information content (AvgIpc) is 3.26. The lowest BCUT2D eigenvalue weighted by atomic mass is 9.92. The van der Waals surface area contributed by atoms with E-state index in [9.17, 15) is 33.9 Å². The van der Waals surface area contributed by atoms with Crippen LogP contribution in [0.2, 0.25) is 0 Å². The third-order valence-corrected chi connectivity index (χ3v) is 5.51. The van der Waals surface area contributed by atoms with Gasteiger partial charge in [-0.15, -0.1) is 0 Å². The molecule has 0 fully saturated rings. The van der Waals surface area contributed by atoms with Crippen LogP contribution in [0.15, 0.2) is 35.5 Å². The average molecular weight is 536 g/mol. The number of carboxylic acids is 3. The van der Waals surface area contributed by atoms with Gasteiger partial charge in [-0.3, -0.25) is 28.8 Å². The van der Waals surface area contributed by atoms with E-state index in [1.165, 1.54) is 6.92 Å². The molecule has 2 amide bonds. The molecule has 1 aliphatic heterocycles. The monoisotopic (exact) mass is 535 g/mol. The van der Waals surface area contributed by atoms with Crippen molar-refractivity contribution in [2.45, 2.75) is 63.1 Å². The van der Waals surface area contributed by atoms with Crippen LogP contribution in [0.3, 0.4) is 0 Å². The number of aliphatic carboxylic acids is 3. The summed E-state index contributed by atoms with van der Waals surface area (Å²) < 4.78 is 5.36. The summed E-state index contributed by atoms with van der Waals surface area (Å²) in [6.45, 7) is 0.837. The van der Waals surface area contributed by atoms with Crippen molar-refractivity contribution < 1.29 is 53.7 Å². The number of amides is 2. The Morgan fingerprint density at radius 3 is 2.24 bits per heavy atom. The van der Waals surface area contributed by atoms with E-state index < -0.39 is 72.6 Å². The highest BCUT2D eigenvalue weighted by Crippen LogP contribution is 2.27. The summed E-state index contributed by atoms with van der Waals surface area (Å²) in [5.41, 5.74) is -1.57. The van der Waals surface area contributed by atoms with Crippen LogP contribution in [0, 0.1) is 0 Å². The van der Waals surface area contributed by atoms with Gasteiger partial charge in [0, 0.05) is 19.3 Å². The Labute approximate surface area is 217 Å². The number of nitrogens with zero attached hydrogens (tertiary/aromatic N) is 1. The van der Waals surface area contributed by atoms with E-state index in [4.69, 9.17) is 19.8 Å². The minimum atomic E-state index is -1.69. The second-order valence-corrected chi connectivity index (χ2v) is 8.72. The van der Waals surface area contributed by atoms with Gasteiger partial charge in [-0.05, 0) is 25.5 Å². The Kier molecular flexibility index (Phi) is 10.7. The molecule has 14 heteroatoms. The molecule has 3 unspecified atom stereocenters. The fourth-order valence-corrected chi connectivity index (χ4v) is 3.46. The van der Waals surface area contributed by atoms with Crippen LogP contribution >= 0.6 is 0 Å². The van der Waals surface area contributed by atoms with Gasteiger partial charge in [0.1, 0.15) is 18.4 Å². The lowest BCUT2D eigenvalue weighted by molar-refractivity contribution is -0.146. The number of para-hydroxylation sites is 1. The van der Waals surface area contributed by atoms with Gasteiger partial charge < -0.3 is 35.5 Å². The zero-order valence-corrected chi connectivity index (χ0v) is 20.5. The summed E-state index contributed by atoms with van der Waals surface area (Å²) in [6.07, 6.45) is -2.18. The normalized spacial score (nSPS) is 17.8. The van der Waals surface area contributed by atoms with E-state index in [0.29, 0.717) is 5.75 Å². The van der Waals surface area contributed by atoms with E-state index >= 15 is 0 Å². The predicted molar refractivity (Wildman–Crippen MR) is 128 cm³/mol. The van der Waals surface area contributed by atoms with Crippen molar-refractivity contribution in [3.63, 3.8) is 0 Å². The summed E-state index contributed by atoms with van der Waals surface area (Å²) >= 11 is 0. The van der Waals surface area contributed by atoms with Gasteiger partial charge in [-0.1, -0.05) is 23.4 Å². The molecule has 14 nitrogen and oxygen atoms in total. The molecule has 1 aromatic rings. The topological polar surface area (TPSA) is 218 Å². The third kappa shape index (κ3) is 9.52. The first-order valence-corrected chi connectivity index (χ1v) is 11.6. The van der Waals surface area contributed by atoms with E-state index in [1.54, 1.807) is 30.3 Å². The quantitative estimate of drug-likeness (QED) is 0.194. The van der Waals surface area contributed by atoms with Crippen LogP contribution < -0.4 is 15.4 Å². The van der Waals surface area contributed by atoms with Crippen LogP contribution in [0.25, 0.3) is 0 Å². The molecule has 0 aliphatic carbocycles. The van der Waals surface area contributed by atoms with E-state index in [1.807, 2.05) is 0 Å².